The van der Waals surface area contributed by atoms with Gasteiger partial charge in [0.2, 0.25) is 0 Å². The number of likely N-dealkylation sites (N-methyl/N-ethyl adjacent to an activating group) is 1. The normalized spacial score (nSPS) is 22.0. The van der Waals surface area contributed by atoms with Crippen molar-refractivity contribution in [2.24, 2.45) is 0 Å². The lowest BCUT2D eigenvalue weighted by Crippen LogP contribution is -2.40. The summed E-state index contributed by atoms with van der Waals surface area (Å²) in [5.41, 5.74) is 1.37. The zero-order valence-electron chi connectivity index (χ0n) is 14.3. The van der Waals surface area contributed by atoms with Crippen molar-refractivity contribution in [1.82, 2.24) is 9.80 Å². The number of nitriles is 1. The molecule has 0 bridgehead atoms. The summed E-state index contributed by atoms with van der Waals surface area (Å²) >= 11 is 0. The first kappa shape index (κ1) is 16.9. The zero-order chi connectivity index (χ0) is 17.0. The second kappa shape index (κ2) is 7.33. The van der Waals surface area contributed by atoms with Crippen molar-refractivity contribution in [1.29, 1.82) is 5.26 Å². The molecule has 1 saturated carbocycles. The van der Waals surface area contributed by atoms with Crippen molar-refractivity contribution in [2.45, 2.75) is 37.8 Å². The summed E-state index contributed by atoms with van der Waals surface area (Å²) in [4.78, 5) is 16.7. The summed E-state index contributed by atoms with van der Waals surface area (Å²) < 4.78 is 5.98. The standard InChI is InChI=1S/C19H25N3O2/c1-21-10-2-3-11-22(12-13-24-19(8-9-19)18(21)23)15-17-6-4-16(14-20)5-7-17/h4-7H,2-3,8-13,15H2,1H3. The number of benzene rings is 1. The molecule has 24 heavy (non-hydrogen) atoms. The molecule has 1 aliphatic heterocycles. The Morgan fingerprint density at radius 2 is 1.88 bits per heavy atom. The molecule has 0 unspecified atom stereocenters. The molecule has 1 spiro atoms. The highest BCUT2D eigenvalue weighted by Crippen LogP contribution is 2.41. The van der Waals surface area contributed by atoms with Crippen LogP contribution in [0.25, 0.3) is 0 Å². The predicted molar refractivity (Wildman–Crippen MR) is 91.2 cm³/mol. The van der Waals surface area contributed by atoms with Crippen LogP contribution in [0.15, 0.2) is 24.3 Å². The van der Waals surface area contributed by atoms with Gasteiger partial charge in [0.05, 0.1) is 18.2 Å². The van der Waals surface area contributed by atoms with Gasteiger partial charge in [0, 0.05) is 26.7 Å². The monoisotopic (exact) mass is 327 g/mol. The molecule has 0 aromatic heterocycles. The molecular weight excluding hydrogens is 302 g/mol. The van der Waals surface area contributed by atoms with Crippen molar-refractivity contribution in [3.63, 3.8) is 0 Å². The number of rotatable bonds is 2. The fraction of sp³-hybridized carbons (Fsp3) is 0.579. The minimum absolute atomic E-state index is 0.156. The number of amides is 1. The molecule has 5 heteroatoms. The maximum Gasteiger partial charge on any atom is 0.254 e. The highest BCUT2D eigenvalue weighted by Gasteiger charge is 2.52. The van der Waals surface area contributed by atoms with E-state index in [1.54, 1.807) is 0 Å². The van der Waals surface area contributed by atoms with Crippen LogP contribution in [0.1, 0.15) is 36.8 Å². The average Bonchev–Trinajstić information content (AvgIpc) is 3.38. The van der Waals surface area contributed by atoms with E-state index in [-0.39, 0.29) is 5.91 Å². The molecule has 1 amide bonds. The van der Waals surface area contributed by atoms with Gasteiger partial charge < -0.3 is 9.64 Å². The van der Waals surface area contributed by atoms with Gasteiger partial charge in [0.1, 0.15) is 5.60 Å². The Hall–Kier alpha value is -1.90. The summed E-state index contributed by atoms with van der Waals surface area (Å²) in [6.07, 6.45) is 3.79. The van der Waals surface area contributed by atoms with Crippen molar-refractivity contribution in [3.05, 3.63) is 35.4 Å². The first-order valence-corrected chi connectivity index (χ1v) is 8.74. The highest BCUT2D eigenvalue weighted by molar-refractivity contribution is 5.88. The van der Waals surface area contributed by atoms with E-state index < -0.39 is 5.60 Å². The third-order valence-corrected chi connectivity index (χ3v) is 4.93. The van der Waals surface area contributed by atoms with Crippen molar-refractivity contribution < 1.29 is 9.53 Å². The minimum Gasteiger partial charge on any atom is -0.364 e. The molecule has 0 N–H and O–H groups in total. The fourth-order valence-corrected chi connectivity index (χ4v) is 3.25. The SMILES string of the molecule is CN1CCCCN(Cc2ccc(C#N)cc2)CCOC2(CC2)C1=O. The molecule has 1 saturated heterocycles. The second-order valence-corrected chi connectivity index (χ2v) is 6.86. The van der Waals surface area contributed by atoms with Crippen LogP contribution in [0.2, 0.25) is 0 Å². The number of carbonyl (C=O) groups excluding carboxylic acids is 1. The van der Waals surface area contributed by atoms with Crippen molar-refractivity contribution >= 4 is 5.91 Å². The van der Waals surface area contributed by atoms with Gasteiger partial charge in [-0.1, -0.05) is 12.1 Å². The topological polar surface area (TPSA) is 56.6 Å². The lowest BCUT2D eigenvalue weighted by molar-refractivity contribution is -0.145. The number of ether oxygens (including phenoxy) is 1. The Morgan fingerprint density at radius 1 is 1.17 bits per heavy atom. The fourth-order valence-electron chi connectivity index (χ4n) is 3.25. The lowest BCUT2D eigenvalue weighted by Gasteiger charge is -2.24. The molecule has 0 atom stereocenters. The molecule has 1 aliphatic carbocycles. The summed E-state index contributed by atoms with van der Waals surface area (Å²) in [6.45, 7) is 4.08. The van der Waals surface area contributed by atoms with Gasteiger partial charge in [-0.15, -0.1) is 0 Å². The highest BCUT2D eigenvalue weighted by atomic mass is 16.5. The van der Waals surface area contributed by atoms with Gasteiger partial charge in [-0.2, -0.15) is 5.26 Å². The van der Waals surface area contributed by atoms with E-state index in [4.69, 9.17) is 10.00 Å². The molecule has 1 heterocycles. The Labute approximate surface area is 143 Å². The summed E-state index contributed by atoms with van der Waals surface area (Å²) in [5.74, 6) is 0.156. The molecule has 0 radical (unpaired) electrons. The van der Waals surface area contributed by atoms with E-state index in [1.165, 1.54) is 5.56 Å². The Balaban J connectivity index is 1.62. The second-order valence-electron chi connectivity index (χ2n) is 6.86. The Bertz CT molecular complexity index is 616. The van der Waals surface area contributed by atoms with Gasteiger partial charge in [-0.3, -0.25) is 9.69 Å². The van der Waals surface area contributed by atoms with E-state index in [2.05, 4.69) is 11.0 Å². The smallest absolute Gasteiger partial charge is 0.254 e. The largest absolute Gasteiger partial charge is 0.364 e. The third kappa shape index (κ3) is 3.95. The first-order valence-electron chi connectivity index (χ1n) is 8.74. The molecule has 5 nitrogen and oxygen atoms in total. The third-order valence-electron chi connectivity index (χ3n) is 4.93. The minimum atomic E-state index is -0.529. The zero-order valence-corrected chi connectivity index (χ0v) is 14.3. The van der Waals surface area contributed by atoms with Crippen LogP contribution in [0.3, 0.4) is 0 Å². The maximum absolute atomic E-state index is 12.5. The molecule has 1 aromatic rings. The van der Waals surface area contributed by atoms with Crippen molar-refractivity contribution in [2.75, 3.05) is 33.3 Å². The van der Waals surface area contributed by atoms with Crippen LogP contribution in [0.4, 0.5) is 0 Å². The van der Waals surface area contributed by atoms with Crippen LogP contribution in [0.5, 0.6) is 0 Å². The number of nitrogens with zero attached hydrogens (tertiary/aromatic N) is 3. The van der Waals surface area contributed by atoms with Crippen molar-refractivity contribution in [3.8, 4) is 6.07 Å². The predicted octanol–water partition coefficient (Wildman–Crippen LogP) is 2.16. The van der Waals surface area contributed by atoms with Crippen LogP contribution >= 0.6 is 0 Å². The van der Waals surface area contributed by atoms with Gasteiger partial charge in [-0.25, -0.2) is 0 Å². The molecule has 3 rings (SSSR count). The van der Waals surface area contributed by atoms with E-state index in [1.807, 2.05) is 36.2 Å². The van der Waals surface area contributed by atoms with E-state index in [0.29, 0.717) is 12.2 Å². The molecule has 1 aromatic carbocycles. The summed E-state index contributed by atoms with van der Waals surface area (Å²) in [7, 11) is 1.89. The van der Waals surface area contributed by atoms with Gasteiger partial charge in [-0.05, 0) is 49.9 Å². The van der Waals surface area contributed by atoms with Crippen LogP contribution in [-0.4, -0.2) is 54.6 Å². The number of hydrogen-bond donors (Lipinski definition) is 0. The Kier molecular flexibility index (Phi) is 5.17. The number of carbonyl (C=O) groups is 1. The molecule has 2 aliphatic rings. The molecule has 128 valence electrons. The van der Waals surface area contributed by atoms with Crippen LogP contribution in [0, 0.1) is 11.3 Å². The average molecular weight is 327 g/mol. The van der Waals surface area contributed by atoms with Gasteiger partial charge in [0.25, 0.3) is 5.91 Å². The van der Waals surface area contributed by atoms with E-state index in [0.717, 1.165) is 51.9 Å². The van der Waals surface area contributed by atoms with E-state index >= 15 is 0 Å². The lowest BCUT2D eigenvalue weighted by atomic mass is 10.1. The van der Waals surface area contributed by atoms with E-state index in [9.17, 15) is 4.79 Å². The maximum atomic E-state index is 12.5. The van der Waals surface area contributed by atoms with Gasteiger partial charge in [0.15, 0.2) is 0 Å². The van der Waals surface area contributed by atoms with Crippen LogP contribution < -0.4 is 0 Å². The van der Waals surface area contributed by atoms with Gasteiger partial charge >= 0.3 is 0 Å². The molecular formula is C19H25N3O2. The molecule has 2 fully saturated rings. The first-order chi connectivity index (χ1) is 11.6. The number of hydrogen-bond acceptors (Lipinski definition) is 4. The summed E-state index contributed by atoms with van der Waals surface area (Å²) in [6, 6.07) is 9.92. The quantitative estimate of drug-likeness (QED) is 0.835. The summed E-state index contributed by atoms with van der Waals surface area (Å²) in [5, 5.41) is 8.89. The Morgan fingerprint density at radius 3 is 2.54 bits per heavy atom. The van der Waals surface area contributed by atoms with Crippen LogP contribution in [-0.2, 0) is 16.1 Å².